The zero-order chi connectivity index (χ0) is 11.9. The maximum atomic E-state index is 13.8. The molecule has 2 rings (SSSR count). The van der Waals surface area contributed by atoms with Gasteiger partial charge in [-0.25, -0.2) is 4.39 Å². The molecular weight excluding hydrogens is 201 g/mol. The Labute approximate surface area is 95.7 Å². The zero-order valence-electron chi connectivity index (χ0n) is 10.3. The van der Waals surface area contributed by atoms with Gasteiger partial charge >= 0.3 is 0 Å². The van der Waals surface area contributed by atoms with Gasteiger partial charge in [0, 0.05) is 16.6 Å². The number of aromatic nitrogens is 1. The number of H-pyrrole nitrogens is 1. The summed E-state index contributed by atoms with van der Waals surface area (Å²) in [6.45, 7) is 8.29. The third-order valence-electron chi connectivity index (χ3n) is 3.00. The predicted molar refractivity (Wildman–Crippen MR) is 66.4 cm³/mol. The molecule has 0 spiro atoms. The van der Waals surface area contributed by atoms with Crippen LogP contribution in [0.2, 0.25) is 0 Å². The molecule has 0 aliphatic carbocycles. The number of halogens is 1. The summed E-state index contributed by atoms with van der Waals surface area (Å²) in [4.78, 5) is 3.26. The molecule has 0 saturated carbocycles. The van der Waals surface area contributed by atoms with Gasteiger partial charge in [0.05, 0.1) is 0 Å². The monoisotopic (exact) mass is 219 g/mol. The summed E-state index contributed by atoms with van der Waals surface area (Å²) in [5.74, 6) is 0.555. The van der Waals surface area contributed by atoms with Gasteiger partial charge in [-0.15, -0.1) is 0 Å². The number of nitrogens with one attached hydrogen (secondary N) is 1. The first-order chi connectivity index (χ1) is 7.49. The fourth-order valence-corrected chi connectivity index (χ4v) is 1.95. The second-order valence-electron chi connectivity index (χ2n) is 5.00. The Bertz CT molecular complexity index is 509. The zero-order valence-corrected chi connectivity index (χ0v) is 10.3. The van der Waals surface area contributed by atoms with E-state index < -0.39 is 0 Å². The SMILES string of the molecule is CC(C)c1cc2cc(C(C)C)c(F)cc2[nH]1. The van der Waals surface area contributed by atoms with E-state index in [2.05, 4.69) is 24.9 Å². The summed E-state index contributed by atoms with van der Waals surface area (Å²) in [6.07, 6.45) is 0. The number of hydrogen-bond donors (Lipinski definition) is 1. The van der Waals surface area contributed by atoms with E-state index in [1.54, 1.807) is 6.07 Å². The highest BCUT2D eigenvalue weighted by atomic mass is 19.1. The van der Waals surface area contributed by atoms with Gasteiger partial charge in [-0.05, 0) is 35.6 Å². The highest BCUT2D eigenvalue weighted by Crippen LogP contribution is 2.27. The van der Waals surface area contributed by atoms with E-state index in [0.717, 1.165) is 22.2 Å². The quantitative estimate of drug-likeness (QED) is 0.762. The van der Waals surface area contributed by atoms with Crippen molar-refractivity contribution in [2.45, 2.75) is 39.5 Å². The number of fused-ring (bicyclic) bond motifs is 1. The second kappa shape index (κ2) is 3.93. The van der Waals surface area contributed by atoms with E-state index in [1.807, 2.05) is 19.9 Å². The van der Waals surface area contributed by atoms with Gasteiger partial charge in [0.1, 0.15) is 5.82 Å². The number of benzene rings is 1. The van der Waals surface area contributed by atoms with Crippen LogP contribution in [0.3, 0.4) is 0 Å². The maximum absolute atomic E-state index is 13.8. The summed E-state index contributed by atoms with van der Waals surface area (Å²) in [5, 5.41) is 1.11. The van der Waals surface area contributed by atoms with Crippen LogP contribution in [0.1, 0.15) is 50.8 Å². The average molecular weight is 219 g/mol. The van der Waals surface area contributed by atoms with Gasteiger partial charge in [-0.3, -0.25) is 0 Å². The van der Waals surface area contributed by atoms with Crippen molar-refractivity contribution in [1.82, 2.24) is 4.98 Å². The summed E-state index contributed by atoms with van der Waals surface area (Å²) in [5.41, 5.74) is 2.85. The van der Waals surface area contributed by atoms with Crippen LogP contribution in [0.4, 0.5) is 4.39 Å². The largest absolute Gasteiger partial charge is 0.358 e. The van der Waals surface area contributed by atoms with Crippen LogP contribution in [0, 0.1) is 5.82 Å². The highest BCUT2D eigenvalue weighted by molar-refractivity contribution is 5.81. The molecule has 0 aliphatic rings. The van der Waals surface area contributed by atoms with E-state index >= 15 is 0 Å². The molecule has 0 amide bonds. The molecule has 0 atom stereocenters. The molecule has 2 heteroatoms. The van der Waals surface area contributed by atoms with Crippen LogP contribution < -0.4 is 0 Å². The standard InChI is InChI=1S/C14H18FN/c1-8(2)11-5-10-6-13(9(3)4)16-14(10)7-12(11)15/h5-9,16H,1-4H3. The van der Waals surface area contributed by atoms with Crippen molar-refractivity contribution in [1.29, 1.82) is 0 Å². The Morgan fingerprint density at radius 1 is 1.00 bits per heavy atom. The minimum absolute atomic E-state index is 0.111. The molecule has 0 fully saturated rings. The molecule has 1 nitrogen and oxygen atoms in total. The lowest BCUT2D eigenvalue weighted by molar-refractivity contribution is 0.600. The van der Waals surface area contributed by atoms with E-state index in [-0.39, 0.29) is 11.7 Å². The second-order valence-corrected chi connectivity index (χ2v) is 5.00. The molecule has 86 valence electrons. The lowest BCUT2D eigenvalue weighted by Crippen LogP contribution is -1.92. The molecule has 16 heavy (non-hydrogen) atoms. The Morgan fingerprint density at radius 3 is 2.25 bits per heavy atom. The first kappa shape index (κ1) is 11.2. The number of aromatic amines is 1. The van der Waals surface area contributed by atoms with Crippen molar-refractivity contribution in [2.75, 3.05) is 0 Å². The Morgan fingerprint density at radius 2 is 1.69 bits per heavy atom. The van der Waals surface area contributed by atoms with Crippen LogP contribution in [0.5, 0.6) is 0 Å². The summed E-state index contributed by atoms with van der Waals surface area (Å²) in [6, 6.07) is 5.68. The predicted octanol–water partition coefficient (Wildman–Crippen LogP) is 4.55. The number of hydrogen-bond acceptors (Lipinski definition) is 0. The van der Waals surface area contributed by atoms with Crippen LogP contribution in [0.15, 0.2) is 18.2 Å². The first-order valence-corrected chi connectivity index (χ1v) is 5.81. The molecule has 0 bridgehead atoms. The first-order valence-electron chi connectivity index (χ1n) is 5.81. The molecule has 1 aromatic heterocycles. The fraction of sp³-hybridized carbons (Fsp3) is 0.429. The molecule has 0 radical (unpaired) electrons. The van der Waals surface area contributed by atoms with Gasteiger partial charge in [0.15, 0.2) is 0 Å². The van der Waals surface area contributed by atoms with Crippen molar-refractivity contribution in [3.8, 4) is 0 Å². The Kier molecular flexibility index (Phi) is 2.75. The van der Waals surface area contributed by atoms with Crippen LogP contribution in [0.25, 0.3) is 10.9 Å². The molecule has 0 saturated heterocycles. The normalized spacial score (nSPS) is 11.9. The topological polar surface area (TPSA) is 15.8 Å². The molecule has 0 aliphatic heterocycles. The summed E-state index contributed by atoms with van der Waals surface area (Å²) >= 11 is 0. The molecule has 1 N–H and O–H groups in total. The van der Waals surface area contributed by atoms with Gasteiger partial charge < -0.3 is 4.98 Å². The van der Waals surface area contributed by atoms with Crippen LogP contribution in [-0.2, 0) is 0 Å². The van der Waals surface area contributed by atoms with Crippen LogP contribution in [-0.4, -0.2) is 4.98 Å². The maximum Gasteiger partial charge on any atom is 0.128 e. The molecular formula is C14H18FN. The third kappa shape index (κ3) is 1.84. The van der Waals surface area contributed by atoms with E-state index in [9.17, 15) is 4.39 Å². The summed E-state index contributed by atoms with van der Waals surface area (Å²) < 4.78 is 13.8. The van der Waals surface area contributed by atoms with Gasteiger partial charge in [0.25, 0.3) is 0 Å². The molecule has 1 aromatic carbocycles. The molecule has 0 unspecified atom stereocenters. The average Bonchev–Trinajstić information content (AvgIpc) is 2.58. The van der Waals surface area contributed by atoms with Crippen molar-refractivity contribution < 1.29 is 4.39 Å². The molecule has 2 aromatic rings. The van der Waals surface area contributed by atoms with Crippen molar-refractivity contribution >= 4 is 10.9 Å². The van der Waals surface area contributed by atoms with Gasteiger partial charge in [-0.1, -0.05) is 27.7 Å². The number of rotatable bonds is 2. The van der Waals surface area contributed by atoms with Crippen molar-refractivity contribution in [3.63, 3.8) is 0 Å². The Balaban J connectivity index is 2.61. The van der Waals surface area contributed by atoms with Crippen LogP contribution >= 0.6 is 0 Å². The lowest BCUT2D eigenvalue weighted by atomic mass is 10.0. The minimum Gasteiger partial charge on any atom is -0.358 e. The van der Waals surface area contributed by atoms with E-state index in [4.69, 9.17) is 0 Å². The van der Waals surface area contributed by atoms with Crippen molar-refractivity contribution in [2.24, 2.45) is 0 Å². The Hall–Kier alpha value is -1.31. The van der Waals surface area contributed by atoms with Crippen molar-refractivity contribution in [3.05, 3.63) is 35.3 Å². The highest BCUT2D eigenvalue weighted by Gasteiger charge is 2.11. The minimum atomic E-state index is -0.111. The van der Waals surface area contributed by atoms with Gasteiger partial charge in [-0.2, -0.15) is 0 Å². The van der Waals surface area contributed by atoms with E-state index in [0.29, 0.717) is 5.92 Å². The summed E-state index contributed by atoms with van der Waals surface area (Å²) in [7, 11) is 0. The van der Waals surface area contributed by atoms with E-state index in [1.165, 1.54) is 0 Å². The smallest absolute Gasteiger partial charge is 0.128 e. The van der Waals surface area contributed by atoms with Gasteiger partial charge in [0.2, 0.25) is 0 Å². The fourth-order valence-electron chi connectivity index (χ4n) is 1.95. The third-order valence-corrected chi connectivity index (χ3v) is 3.00. The molecule has 1 heterocycles. The lowest BCUT2D eigenvalue weighted by Gasteiger charge is -2.06.